The van der Waals surface area contributed by atoms with Crippen LogP contribution in [0, 0.1) is 5.92 Å². The van der Waals surface area contributed by atoms with Crippen LogP contribution in [0.4, 0.5) is 0 Å². The lowest BCUT2D eigenvalue weighted by molar-refractivity contribution is -0.138. The lowest BCUT2D eigenvalue weighted by atomic mass is 10.0. The Hall–Kier alpha value is -0.703. The summed E-state index contributed by atoms with van der Waals surface area (Å²) in [5.74, 6) is -0.610. The van der Waals surface area contributed by atoms with E-state index in [4.69, 9.17) is 26.2 Å². The molecule has 0 fully saturated rings. The first-order valence-corrected chi connectivity index (χ1v) is 11.3. The number of carboxylic acids is 1. The van der Waals surface area contributed by atoms with E-state index in [1.165, 1.54) is 0 Å². The zero-order chi connectivity index (χ0) is 17.7. The van der Waals surface area contributed by atoms with Crippen molar-refractivity contribution in [3.63, 3.8) is 0 Å². The van der Waals surface area contributed by atoms with Crippen molar-refractivity contribution < 1.29 is 18.8 Å². The molecule has 136 valence electrons. The predicted octanol–water partition coefficient (Wildman–Crippen LogP) is 2.49. The van der Waals surface area contributed by atoms with Crippen molar-refractivity contribution in [1.29, 1.82) is 0 Å². The number of nitrogens with one attached hydrogen (secondary N) is 2. The van der Waals surface area contributed by atoms with E-state index < -0.39 is 14.5 Å². The van der Waals surface area contributed by atoms with Crippen LogP contribution in [-0.4, -0.2) is 51.1 Å². The van der Waals surface area contributed by atoms with Crippen molar-refractivity contribution in [3.8, 4) is 0 Å². The molecule has 0 aliphatic rings. The van der Waals surface area contributed by atoms with E-state index in [-0.39, 0.29) is 12.3 Å². The van der Waals surface area contributed by atoms with Gasteiger partial charge in [-0.25, -0.2) is 0 Å². The predicted molar refractivity (Wildman–Crippen MR) is 98.9 cm³/mol. The number of thiocarbonyl (C=S) groups is 1. The second kappa shape index (κ2) is 12.7. The van der Waals surface area contributed by atoms with Crippen LogP contribution in [0.15, 0.2) is 0 Å². The Bertz CT molecular complexity index is 352. The van der Waals surface area contributed by atoms with Gasteiger partial charge in [0.25, 0.3) is 0 Å². The molecule has 0 aliphatic heterocycles. The highest BCUT2D eigenvalue weighted by Crippen LogP contribution is 2.15. The summed E-state index contributed by atoms with van der Waals surface area (Å²) in [4.78, 5) is 10.6. The molecule has 0 aliphatic carbocycles. The molecule has 0 heterocycles. The Labute approximate surface area is 146 Å². The van der Waals surface area contributed by atoms with Crippen molar-refractivity contribution >= 4 is 31.9 Å². The number of hydrogen-bond acceptors (Lipinski definition) is 4. The summed E-state index contributed by atoms with van der Waals surface area (Å²) in [7, 11) is -2.04. The van der Waals surface area contributed by atoms with E-state index in [0.29, 0.717) is 24.9 Å². The number of carboxylic acid groups (broad SMARTS) is 1. The average molecular weight is 365 g/mol. The zero-order valence-corrected chi connectivity index (χ0v) is 16.6. The third-order valence-corrected chi connectivity index (χ3v) is 6.79. The largest absolute Gasteiger partial charge is 0.481 e. The lowest BCUT2D eigenvalue weighted by Crippen LogP contribution is -2.41. The molecule has 23 heavy (non-hydrogen) atoms. The first-order chi connectivity index (χ1) is 10.8. The zero-order valence-electron chi connectivity index (χ0n) is 14.8. The van der Waals surface area contributed by atoms with Crippen LogP contribution in [0.25, 0.3) is 0 Å². The molecule has 0 spiro atoms. The molecule has 6 nitrogen and oxygen atoms in total. The average Bonchev–Trinajstić information content (AvgIpc) is 2.43. The molecule has 0 aromatic carbocycles. The second-order valence-electron chi connectivity index (χ2n) is 5.78. The molecule has 0 saturated carbocycles. The van der Waals surface area contributed by atoms with Crippen LogP contribution in [0.2, 0.25) is 12.6 Å². The van der Waals surface area contributed by atoms with E-state index >= 15 is 0 Å². The highest BCUT2D eigenvalue weighted by atomic mass is 32.1. The maximum atomic E-state index is 10.6. The van der Waals surface area contributed by atoms with E-state index in [1.54, 1.807) is 0 Å². The minimum Gasteiger partial charge on any atom is -0.481 e. The lowest BCUT2D eigenvalue weighted by Gasteiger charge is -2.26. The van der Waals surface area contributed by atoms with Gasteiger partial charge in [-0.2, -0.15) is 0 Å². The van der Waals surface area contributed by atoms with Crippen molar-refractivity contribution in [3.05, 3.63) is 0 Å². The summed E-state index contributed by atoms with van der Waals surface area (Å²) in [5, 5.41) is 15.6. The van der Waals surface area contributed by atoms with Gasteiger partial charge >= 0.3 is 14.5 Å². The van der Waals surface area contributed by atoms with Gasteiger partial charge in [0.15, 0.2) is 5.11 Å². The molecular weight excluding hydrogens is 332 g/mol. The van der Waals surface area contributed by atoms with Crippen LogP contribution in [0.1, 0.15) is 40.0 Å². The van der Waals surface area contributed by atoms with Gasteiger partial charge < -0.3 is 24.6 Å². The van der Waals surface area contributed by atoms with Gasteiger partial charge in [0.1, 0.15) is 0 Å². The maximum Gasteiger partial charge on any atom is 0.334 e. The number of hydrogen-bond donors (Lipinski definition) is 3. The molecule has 0 rings (SSSR count). The topological polar surface area (TPSA) is 79.8 Å². The first-order valence-electron chi connectivity index (χ1n) is 8.34. The fourth-order valence-corrected chi connectivity index (χ4v) is 4.92. The Morgan fingerprint density at radius 1 is 1.22 bits per heavy atom. The fourth-order valence-electron chi connectivity index (χ4n) is 2.30. The van der Waals surface area contributed by atoms with Crippen LogP contribution in [-0.2, 0) is 13.6 Å². The molecule has 0 aromatic heterocycles. The molecule has 0 saturated heterocycles. The summed E-state index contributed by atoms with van der Waals surface area (Å²) in [5.41, 5.74) is 0. The summed E-state index contributed by atoms with van der Waals surface area (Å²) in [6, 6.07) is 0.930. The van der Waals surface area contributed by atoms with Gasteiger partial charge in [-0.1, -0.05) is 6.92 Å². The van der Waals surface area contributed by atoms with Crippen molar-refractivity contribution in [1.82, 2.24) is 10.6 Å². The summed E-state index contributed by atoms with van der Waals surface area (Å²) in [6.07, 6.45) is 1.92. The molecule has 3 N–H and O–H groups in total. The first kappa shape index (κ1) is 22.3. The SMILES string of the molecule is CCO[Si](C)(CCCNC(=S)NCC[C@H](C)CC(=O)O)OCC. The standard InChI is InChI=1S/C15H32N2O4SSi/c1-5-20-23(4,21-6-2)11-7-9-16-15(22)17-10-8-13(3)12-14(18)19/h13H,5-12H2,1-4H3,(H,18,19)(H2,16,17,22)/t13-/m0/s1. The van der Waals surface area contributed by atoms with Crippen molar-refractivity contribution in [2.75, 3.05) is 26.3 Å². The number of rotatable bonds is 13. The third-order valence-electron chi connectivity index (χ3n) is 3.44. The third kappa shape index (κ3) is 12.4. The Kier molecular flexibility index (Phi) is 12.3. The fraction of sp³-hybridized carbons (Fsp3) is 0.867. The van der Waals surface area contributed by atoms with E-state index in [9.17, 15) is 4.79 Å². The molecule has 0 radical (unpaired) electrons. The highest BCUT2D eigenvalue weighted by Gasteiger charge is 2.29. The van der Waals surface area contributed by atoms with Crippen molar-refractivity contribution in [2.45, 2.75) is 52.6 Å². The van der Waals surface area contributed by atoms with Crippen molar-refractivity contribution in [2.24, 2.45) is 5.92 Å². The molecule has 0 unspecified atom stereocenters. The van der Waals surface area contributed by atoms with Crippen LogP contribution in [0.5, 0.6) is 0 Å². The van der Waals surface area contributed by atoms with Gasteiger partial charge in [-0.3, -0.25) is 4.79 Å². The van der Waals surface area contributed by atoms with Gasteiger partial charge in [-0.05, 0) is 57.4 Å². The molecule has 0 amide bonds. The minimum absolute atomic E-state index is 0.145. The van der Waals surface area contributed by atoms with Crippen LogP contribution >= 0.6 is 12.2 Å². The monoisotopic (exact) mass is 364 g/mol. The van der Waals surface area contributed by atoms with Crippen LogP contribution < -0.4 is 10.6 Å². The number of aliphatic carboxylic acids is 1. The summed E-state index contributed by atoms with van der Waals surface area (Å²) >= 11 is 5.21. The molecule has 1 atom stereocenters. The van der Waals surface area contributed by atoms with Gasteiger partial charge in [-0.15, -0.1) is 0 Å². The molecule has 0 aromatic rings. The second-order valence-corrected chi connectivity index (χ2v) is 9.53. The Morgan fingerprint density at radius 3 is 2.30 bits per heavy atom. The summed E-state index contributed by atoms with van der Waals surface area (Å²) in [6.45, 7) is 10.8. The van der Waals surface area contributed by atoms with E-state index in [0.717, 1.165) is 25.4 Å². The Morgan fingerprint density at radius 2 is 1.78 bits per heavy atom. The van der Waals surface area contributed by atoms with Gasteiger partial charge in [0.05, 0.1) is 0 Å². The quantitative estimate of drug-likeness (QED) is 0.263. The smallest absolute Gasteiger partial charge is 0.334 e. The molecule has 8 heteroatoms. The molecular formula is C15H32N2O4SSi. The van der Waals surface area contributed by atoms with Crippen LogP contribution in [0.3, 0.4) is 0 Å². The number of carbonyl (C=O) groups is 1. The highest BCUT2D eigenvalue weighted by molar-refractivity contribution is 7.80. The van der Waals surface area contributed by atoms with E-state index in [2.05, 4.69) is 17.2 Å². The van der Waals surface area contributed by atoms with E-state index in [1.807, 2.05) is 20.8 Å². The molecule has 0 bridgehead atoms. The summed E-state index contributed by atoms with van der Waals surface area (Å²) < 4.78 is 11.6. The normalized spacial score (nSPS) is 12.7. The Balaban J connectivity index is 3.79. The van der Waals surface area contributed by atoms with Gasteiger partial charge in [0.2, 0.25) is 0 Å². The van der Waals surface area contributed by atoms with Gasteiger partial charge in [0, 0.05) is 32.7 Å². The minimum atomic E-state index is -2.04. The maximum absolute atomic E-state index is 10.6.